The van der Waals surface area contributed by atoms with E-state index in [0.717, 1.165) is 0 Å². The van der Waals surface area contributed by atoms with Crippen molar-refractivity contribution in [2.24, 2.45) is 0 Å². The molecule has 1 rings (SSSR count). The number of aryl methyl sites for hydroxylation is 1. The number of aromatic nitrogens is 2. The lowest BCUT2D eigenvalue weighted by atomic mass is 10.4. The highest BCUT2D eigenvalue weighted by Crippen LogP contribution is 2.06. The van der Waals surface area contributed by atoms with Gasteiger partial charge in [-0.25, -0.2) is 8.42 Å². The van der Waals surface area contributed by atoms with Crippen molar-refractivity contribution in [1.82, 2.24) is 10.2 Å². The first-order chi connectivity index (χ1) is 6.06. The number of nitrogens with zero attached hydrogens (tertiary/aromatic N) is 2. The SMILES string of the molecule is Cc1ccc(S(=O)(=O)CCCl)nn1. The Balaban J connectivity index is 3.02. The lowest BCUT2D eigenvalue weighted by Crippen LogP contribution is -2.10. The van der Waals surface area contributed by atoms with Gasteiger partial charge in [0.1, 0.15) is 0 Å². The van der Waals surface area contributed by atoms with Gasteiger partial charge in [0.15, 0.2) is 14.9 Å². The van der Waals surface area contributed by atoms with Gasteiger partial charge >= 0.3 is 0 Å². The van der Waals surface area contributed by atoms with Gasteiger partial charge in [-0.05, 0) is 19.1 Å². The van der Waals surface area contributed by atoms with Crippen molar-refractivity contribution in [3.63, 3.8) is 0 Å². The Morgan fingerprint density at radius 1 is 1.38 bits per heavy atom. The summed E-state index contributed by atoms with van der Waals surface area (Å²) in [5.41, 5.74) is 0.685. The zero-order chi connectivity index (χ0) is 9.90. The number of halogens is 1. The van der Waals surface area contributed by atoms with Crippen LogP contribution in [0.2, 0.25) is 0 Å². The molecular weight excluding hydrogens is 212 g/mol. The first-order valence-corrected chi connectivity index (χ1v) is 5.84. The van der Waals surface area contributed by atoms with E-state index in [0.29, 0.717) is 5.69 Å². The molecular formula is C7H9ClN2O2S. The van der Waals surface area contributed by atoms with Gasteiger partial charge in [0.2, 0.25) is 0 Å². The Labute approximate surface area is 81.9 Å². The van der Waals surface area contributed by atoms with E-state index in [1.807, 2.05) is 0 Å². The molecule has 0 spiro atoms. The molecule has 0 fully saturated rings. The summed E-state index contributed by atoms with van der Waals surface area (Å²) in [6.07, 6.45) is 0. The molecule has 0 saturated carbocycles. The molecule has 0 aromatic carbocycles. The second kappa shape index (κ2) is 4.02. The Morgan fingerprint density at radius 3 is 2.54 bits per heavy atom. The van der Waals surface area contributed by atoms with Crippen molar-refractivity contribution in [2.45, 2.75) is 11.9 Å². The maximum Gasteiger partial charge on any atom is 0.198 e. The fourth-order valence-electron chi connectivity index (χ4n) is 0.759. The van der Waals surface area contributed by atoms with E-state index < -0.39 is 9.84 Å². The highest BCUT2D eigenvalue weighted by Gasteiger charge is 2.15. The van der Waals surface area contributed by atoms with Crippen LogP contribution in [-0.2, 0) is 9.84 Å². The predicted octanol–water partition coefficient (Wildman–Crippen LogP) is 0.798. The Kier molecular flexibility index (Phi) is 3.22. The molecule has 0 aliphatic carbocycles. The smallest absolute Gasteiger partial charge is 0.198 e. The number of alkyl halides is 1. The average Bonchev–Trinajstić information content (AvgIpc) is 2.05. The third kappa shape index (κ3) is 2.63. The molecule has 0 atom stereocenters. The summed E-state index contributed by atoms with van der Waals surface area (Å²) in [5, 5.41) is 7.21. The molecule has 4 nitrogen and oxygen atoms in total. The summed E-state index contributed by atoms with van der Waals surface area (Å²) in [5.74, 6) is -0.0375. The molecule has 0 N–H and O–H groups in total. The molecule has 0 bridgehead atoms. The summed E-state index contributed by atoms with van der Waals surface area (Å²) < 4.78 is 22.7. The summed E-state index contributed by atoms with van der Waals surface area (Å²) in [6.45, 7) is 1.74. The monoisotopic (exact) mass is 220 g/mol. The average molecular weight is 221 g/mol. The number of rotatable bonds is 3. The van der Waals surface area contributed by atoms with E-state index in [1.54, 1.807) is 13.0 Å². The van der Waals surface area contributed by atoms with E-state index in [1.165, 1.54) is 6.07 Å². The van der Waals surface area contributed by atoms with Gasteiger partial charge in [-0.15, -0.1) is 16.7 Å². The van der Waals surface area contributed by atoms with Crippen LogP contribution in [0.3, 0.4) is 0 Å². The highest BCUT2D eigenvalue weighted by atomic mass is 35.5. The van der Waals surface area contributed by atoms with Crippen LogP contribution in [0.5, 0.6) is 0 Å². The highest BCUT2D eigenvalue weighted by molar-refractivity contribution is 7.91. The van der Waals surface area contributed by atoms with Crippen LogP contribution in [0.4, 0.5) is 0 Å². The van der Waals surface area contributed by atoms with Crippen LogP contribution in [0.25, 0.3) is 0 Å². The van der Waals surface area contributed by atoms with Gasteiger partial charge in [-0.1, -0.05) is 0 Å². The molecule has 1 aromatic heterocycles. The molecule has 1 aromatic rings. The lowest BCUT2D eigenvalue weighted by molar-refractivity contribution is 0.591. The van der Waals surface area contributed by atoms with Gasteiger partial charge < -0.3 is 0 Å². The topological polar surface area (TPSA) is 59.9 Å². The molecule has 0 amide bonds. The molecule has 0 radical (unpaired) electrons. The first kappa shape index (κ1) is 10.4. The lowest BCUT2D eigenvalue weighted by Gasteiger charge is -1.99. The standard InChI is InChI=1S/C7H9ClN2O2S/c1-6-2-3-7(10-9-6)13(11,12)5-4-8/h2-3H,4-5H2,1H3. The van der Waals surface area contributed by atoms with Crippen LogP contribution in [0, 0.1) is 6.92 Å². The second-order valence-electron chi connectivity index (χ2n) is 2.52. The summed E-state index contributed by atoms with van der Waals surface area (Å²) in [4.78, 5) is 0. The molecule has 72 valence electrons. The minimum Gasteiger partial charge on any atom is -0.222 e. The maximum atomic E-state index is 11.4. The largest absolute Gasteiger partial charge is 0.222 e. The second-order valence-corrected chi connectivity index (χ2v) is 4.95. The van der Waals surface area contributed by atoms with Gasteiger partial charge in [0.05, 0.1) is 11.4 Å². The van der Waals surface area contributed by atoms with Gasteiger partial charge in [-0.3, -0.25) is 0 Å². The minimum absolute atomic E-state index is 0.0150. The Hall–Kier alpha value is -0.680. The molecule has 1 heterocycles. The Morgan fingerprint density at radius 2 is 2.08 bits per heavy atom. The summed E-state index contributed by atoms with van der Waals surface area (Å²) in [6, 6.07) is 3.04. The maximum absolute atomic E-state index is 11.4. The molecule has 0 aliphatic rings. The number of sulfone groups is 1. The molecule has 13 heavy (non-hydrogen) atoms. The fourth-order valence-corrected chi connectivity index (χ4v) is 2.22. The van der Waals surface area contributed by atoms with E-state index in [9.17, 15) is 8.42 Å². The summed E-state index contributed by atoms with van der Waals surface area (Å²) in [7, 11) is -3.33. The van der Waals surface area contributed by atoms with Gasteiger partial charge in [0, 0.05) is 5.88 Å². The van der Waals surface area contributed by atoms with Crippen molar-refractivity contribution in [1.29, 1.82) is 0 Å². The van der Waals surface area contributed by atoms with E-state index in [2.05, 4.69) is 10.2 Å². The van der Waals surface area contributed by atoms with E-state index in [4.69, 9.17) is 11.6 Å². The van der Waals surface area contributed by atoms with Crippen LogP contribution < -0.4 is 0 Å². The quantitative estimate of drug-likeness (QED) is 0.707. The molecule has 6 heteroatoms. The van der Waals surface area contributed by atoms with E-state index in [-0.39, 0.29) is 16.7 Å². The van der Waals surface area contributed by atoms with Crippen molar-refractivity contribution in [2.75, 3.05) is 11.6 Å². The van der Waals surface area contributed by atoms with Crippen molar-refractivity contribution < 1.29 is 8.42 Å². The number of hydrogen-bond donors (Lipinski definition) is 0. The predicted molar refractivity (Wildman–Crippen MR) is 49.5 cm³/mol. The van der Waals surface area contributed by atoms with Crippen molar-refractivity contribution in [3.05, 3.63) is 17.8 Å². The summed E-state index contributed by atoms with van der Waals surface area (Å²) >= 11 is 5.34. The minimum atomic E-state index is -3.33. The van der Waals surface area contributed by atoms with Gasteiger partial charge in [-0.2, -0.15) is 5.10 Å². The zero-order valence-corrected chi connectivity index (χ0v) is 8.64. The Bertz CT molecular complexity index is 374. The third-order valence-corrected chi connectivity index (χ3v) is 3.45. The zero-order valence-electron chi connectivity index (χ0n) is 7.07. The van der Waals surface area contributed by atoms with Crippen LogP contribution in [0.15, 0.2) is 17.2 Å². The van der Waals surface area contributed by atoms with Crippen LogP contribution >= 0.6 is 11.6 Å². The molecule has 0 aliphatic heterocycles. The number of hydrogen-bond acceptors (Lipinski definition) is 4. The third-order valence-electron chi connectivity index (χ3n) is 1.44. The van der Waals surface area contributed by atoms with Crippen molar-refractivity contribution >= 4 is 21.4 Å². The normalized spacial score (nSPS) is 11.5. The fraction of sp³-hybridized carbons (Fsp3) is 0.429. The van der Waals surface area contributed by atoms with E-state index >= 15 is 0 Å². The van der Waals surface area contributed by atoms with Gasteiger partial charge in [0.25, 0.3) is 0 Å². The first-order valence-electron chi connectivity index (χ1n) is 3.65. The van der Waals surface area contributed by atoms with Crippen LogP contribution in [0.1, 0.15) is 5.69 Å². The molecule has 0 saturated heterocycles. The van der Waals surface area contributed by atoms with Crippen molar-refractivity contribution in [3.8, 4) is 0 Å². The van der Waals surface area contributed by atoms with Crippen LogP contribution in [-0.4, -0.2) is 30.2 Å². The molecule has 0 unspecified atom stereocenters.